The van der Waals surface area contributed by atoms with Crippen LogP contribution in [0, 0.1) is 0 Å². The topological polar surface area (TPSA) is 41.4 Å². The highest BCUT2D eigenvalue weighted by Gasteiger charge is 2.29. The Labute approximate surface area is 198 Å². The van der Waals surface area contributed by atoms with Crippen LogP contribution in [0.5, 0.6) is 0 Å². The number of halogens is 1. The number of rotatable bonds is 5. The number of amides is 1. The minimum Gasteiger partial charge on any atom is -0.336 e. The molecule has 6 heteroatoms. The molecule has 0 bridgehead atoms. The number of hydrogen-bond acceptors (Lipinski definition) is 3. The highest BCUT2D eigenvalue weighted by Crippen LogP contribution is 2.29. The molecule has 1 fully saturated rings. The first-order valence-electron chi connectivity index (χ1n) is 11.1. The Morgan fingerprint density at radius 1 is 0.788 bits per heavy atom. The molecule has 1 aliphatic rings. The Kier molecular flexibility index (Phi) is 6.24. The molecule has 0 atom stereocenters. The summed E-state index contributed by atoms with van der Waals surface area (Å²) in [7, 11) is 0. The predicted molar refractivity (Wildman–Crippen MR) is 131 cm³/mol. The van der Waals surface area contributed by atoms with E-state index in [0.717, 1.165) is 18.8 Å². The van der Waals surface area contributed by atoms with E-state index < -0.39 is 0 Å². The van der Waals surface area contributed by atoms with E-state index in [-0.39, 0.29) is 11.9 Å². The lowest BCUT2D eigenvalue weighted by atomic mass is 9.96. The SMILES string of the molecule is O=C(c1cnn(-c2ccc(Cl)cc2)c1)N1CCN(C(c2ccccc2)c2ccccc2)CC1. The van der Waals surface area contributed by atoms with Crippen molar-refractivity contribution in [3.8, 4) is 5.69 Å². The third-order valence-electron chi connectivity index (χ3n) is 6.12. The first-order valence-corrected chi connectivity index (χ1v) is 11.5. The third-order valence-corrected chi connectivity index (χ3v) is 6.37. The zero-order valence-corrected chi connectivity index (χ0v) is 19.0. The Hall–Kier alpha value is -3.41. The van der Waals surface area contributed by atoms with Crippen LogP contribution in [0.25, 0.3) is 5.69 Å². The summed E-state index contributed by atoms with van der Waals surface area (Å²) in [5.74, 6) is 0.0193. The van der Waals surface area contributed by atoms with Gasteiger partial charge in [-0.05, 0) is 35.4 Å². The average molecular weight is 457 g/mol. The molecule has 0 N–H and O–H groups in total. The fourth-order valence-electron chi connectivity index (χ4n) is 4.42. The van der Waals surface area contributed by atoms with Crippen molar-refractivity contribution in [1.29, 1.82) is 0 Å². The van der Waals surface area contributed by atoms with Crippen molar-refractivity contribution in [3.63, 3.8) is 0 Å². The second-order valence-corrected chi connectivity index (χ2v) is 8.64. The van der Waals surface area contributed by atoms with Crippen LogP contribution < -0.4 is 0 Å². The maximum Gasteiger partial charge on any atom is 0.257 e. The van der Waals surface area contributed by atoms with Gasteiger partial charge in [-0.15, -0.1) is 0 Å². The molecule has 2 heterocycles. The fourth-order valence-corrected chi connectivity index (χ4v) is 4.54. The van der Waals surface area contributed by atoms with Crippen molar-refractivity contribution in [2.75, 3.05) is 26.2 Å². The Morgan fingerprint density at radius 3 is 1.94 bits per heavy atom. The monoisotopic (exact) mass is 456 g/mol. The van der Waals surface area contributed by atoms with E-state index in [1.165, 1.54) is 11.1 Å². The van der Waals surface area contributed by atoms with E-state index in [9.17, 15) is 4.79 Å². The van der Waals surface area contributed by atoms with Gasteiger partial charge in [0, 0.05) is 37.4 Å². The maximum atomic E-state index is 13.1. The molecule has 0 unspecified atom stereocenters. The normalized spacial score (nSPS) is 14.5. The Morgan fingerprint density at radius 2 is 1.36 bits per heavy atom. The standard InChI is InChI=1S/C27H25ClN4O/c28-24-11-13-25(14-12-24)32-20-23(19-29-32)27(33)31-17-15-30(16-18-31)26(21-7-3-1-4-8-21)22-9-5-2-6-10-22/h1-14,19-20,26H,15-18H2. The van der Waals surface area contributed by atoms with Gasteiger partial charge in [0.2, 0.25) is 0 Å². The Bertz CT molecular complexity index is 1160. The largest absolute Gasteiger partial charge is 0.336 e. The van der Waals surface area contributed by atoms with Crippen LogP contribution in [-0.2, 0) is 0 Å². The van der Waals surface area contributed by atoms with E-state index in [2.05, 4.69) is 58.5 Å². The second-order valence-electron chi connectivity index (χ2n) is 8.20. The van der Waals surface area contributed by atoms with Gasteiger partial charge in [0.05, 0.1) is 23.5 Å². The molecule has 5 rings (SSSR count). The van der Waals surface area contributed by atoms with Gasteiger partial charge in [-0.3, -0.25) is 9.69 Å². The van der Waals surface area contributed by atoms with Crippen LogP contribution in [0.1, 0.15) is 27.5 Å². The molecule has 0 aliphatic carbocycles. The minimum atomic E-state index is 0.0193. The first kappa shape index (κ1) is 21.4. The van der Waals surface area contributed by atoms with E-state index >= 15 is 0 Å². The van der Waals surface area contributed by atoms with Crippen molar-refractivity contribution in [1.82, 2.24) is 19.6 Å². The molecule has 0 radical (unpaired) electrons. The quantitative estimate of drug-likeness (QED) is 0.421. The third kappa shape index (κ3) is 4.70. The molecule has 33 heavy (non-hydrogen) atoms. The summed E-state index contributed by atoms with van der Waals surface area (Å²) in [4.78, 5) is 17.5. The van der Waals surface area contributed by atoms with E-state index in [1.807, 2.05) is 41.3 Å². The van der Waals surface area contributed by atoms with Gasteiger partial charge >= 0.3 is 0 Å². The van der Waals surface area contributed by atoms with E-state index in [4.69, 9.17) is 11.6 Å². The number of hydrogen-bond donors (Lipinski definition) is 0. The summed E-state index contributed by atoms with van der Waals surface area (Å²) >= 11 is 5.97. The van der Waals surface area contributed by atoms with Gasteiger partial charge in [0.15, 0.2) is 0 Å². The van der Waals surface area contributed by atoms with Gasteiger partial charge in [-0.2, -0.15) is 5.10 Å². The van der Waals surface area contributed by atoms with E-state index in [1.54, 1.807) is 17.1 Å². The number of aromatic nitrogens is 2. The van der Waals surface area contributed by atoms with Gasteiger partial charge in [0.25, 0.3) is 5.91 Å². The molecule has 166 valence electrons. The predicted octanol–water partition coefficient (Wildman–Crippen LogP) is 5.07. The molecule has 1 amide bonds. The van der Waals surface area contributed by atoms with Crippen LogP contribution in [-0.4, -0.2) is 51.7 Å². The minimum absolute atomic E-state index is 0.0193. The van der Waals surface area contributed by atoms with Crippen LogP contribution in [0.4, 0.5) is 0 Å². The van der Waals surface area contributed by atoms with Gasteiger partial charge < -0.3 is 4.90 Å². The summed E-state index contributed by atoms with van der Waals surface area (Å²) in [6.07, 6.45) is 3.43. The molecule has 3 aromatic carbocycles. The zero-order chi connectivity index (χ0) is 22.6. The van der Waals surface area contributed by atoms with E-state index in [0.29, 0.717) is 23.7 Å². The van der Waals surface area contributed by atoms with Crippen LogP contribution in [0.2, 0.25) is 5.02 Å². The lowest BCUT2D eigenvalue weighted by Gasteiger charge is -2.39. The number of piperazine rings is 1. The highest BCUT2D eigenvalue weighted by molar-refractivity contribution is 6.30. The summed E-state index contributed by atoms with van der Waals surface area (Å²) in [6.45, 7) is 2.99. The number of benzene rings is 3. The van der Waals surface area contributed by atoms with Crippen molar-refractivity contribution >= 4 is 17.5 Å². The van der Waals surface area contributed by atoms with Crippen LogP contribution in [0.3, 0.4) is 0 Å². The van der Waals surface area contributed by atoms with Gasteiger partial charge in [-0.25, -0.2) is 4.68 Å². The molecule has 5 nitrogen and oxygen atoms in total. The van der Waals surface area contributed by atoms with Crippen molar-refractivity contribution in [2.45, 2.75) is 6.04 Å². The Balaban J connectivity index is 1.29. The molecule has 1 aliphatic heterocycles. The number of nitrogens with zero attached hydrogens (tertiary/aromatic N) is 4. The molecule has 1 saturated heterocycles. The molecule has 0 saturated carbocycles. The zero-order valence-electron chi connectivity index (χ0n) is 18.2. The highest BCUT2D eigenvalue weighted by atomic mass is 35.5. The molecular formula is C27H25ClN4O. The molecule has 4 aromatic rings. The number of carbonyl (C=O) groups excluding carboxylic acids is 1. The molecular weight excluding hydrogens is 432 g/mol. The van der Waals surface area contributed by atoms with Crippen LogP contribution in [0.15, 0.2) is 97.3 Å². The lowest BCUT2D eigenvalue weighted by molar-refractivity contribution is 0.0597. The fraction of sp³-hybridized carbons (Fsp3) is 0.185. The van der Waals surface area contributed by atoms with Gasteiger partial charge in [-0.1, -0.05) is 72.3 Å². The lowest BCUT2D eigenvalue weighted by Crippen LogP contribution is -2.49. The summed E-state index contributed by atoms with van der Waals surface area (Å²) in [5, 5.41) is 5.04. The summed E-state index contributed by atoms with van der Waals surface area (Å²) < 4.78 is 1.71. The summed E-state index contributed by atoms with van der Waals surface area (Å²) in [6, 6.07) is 28.7. The van der Waals surface area contributed by atoms with Crippen LogP contribution >= 0.6 is 11.6 Å². The number of carbonyl (C=O) groups is 1. The van der Waals surface area contributed by atoms with Crippen molar-refractivity contribution < 1.29 is 4.79 Å². The molecule has 1 aromatic heterocycles. The summed E-state index contributed by atoms with van der Waals surface area (Å²) in [5.41, 5.74) is 4.01. The van der Waals surface area contributed by atoms with Crippen molar-refractivity contribution in [2.24, 2.45) is 0 Å². The first-order chi connectivity index (χ1) is 16.2. The molecule has 0 spiro atoms. The second kappa shape index (κ2) is 9.61. The smallest absolute Gasteiger partial charge is 0.257 e. The average Bonchev–Trinajstić information content (AvgIpc) is 3.36. The maximum absolute atomic E-state index is 13.1. The van der Waals surface area contributed by atoms with Gasteiger partial charge in [0.1, 0.15) is 0 Å². The van der Waals surface area contributed by atoms with Crippen molar-refractivity contribution in [3.05, 3.63) is 119 Å².